The van der Waals surface area contributed by atoms with E-state index < -0.39 is 17.6 Å². The molecular formula is C27H23FN4O4. The molecule has 0 fully saturated rings. The minimum Gasteiger partial charge on any atom is -0.366 e. The second kappa shape index (κ2) is 9.53. The maximum atomic E-state index is 13.8. The predicted octanol–water partition coefficient (Wildman–Crippen LogP) is 4.03. The van der Waals surface area contributed by atoms with E-state index in [1.165, 1.54) is 17.9 Å². The number of nitrogens with two attached hydrogens (primary N) is 1. The Balaban J connectivity index is 1.64. The molecular weight excluding hydrogens is 463 g/mol. The lowest BCUT2D eigenvalue weighted by Crippen LogP contribution is -2.23. The molecule has 36 heavy (non-hydrogen) atoms. The molecule has 3 aromatic rings. The number of carbonyl (C=O) groups excluding carboxylic acids is 4. The van der Waals surface area contributed by atoms with Crippen LogP contribution in [-0.2, 0) is 11.3 Å². The van der Waals surface area contributed by atoms with Gasteiger partial charge in [0.1, 0.15) is 11.5 Å². The van der Waals surface area contributed by atoms with Crippen LogP contribution in [0.15, 0.2) is 54.6 Å². The summed E-state index contributed by atoms with van der Waals surface area (Å²) in [7, 11) is 0. The third-order valence-corrected chi connectivity index (χ3v) is 5.91. The van der Waals surface area contributed by atoms with E-state index in [2.05, 4.69) is 10.3 Å². The fourth-order valence-electron chi connectivity index (χ4n) is 4.20. The summed E-state index contributed by atoms with van der Waals surface area (Å²) in [5.74, 6) is -2.72. The van der Waals surface area contributed by atoms with E-state index in [0.717, 1.165) is 17.7 Å². The van der Waals surface area contributed by atoms with E-state index in [-0.39, 0.29) is 35.2 Å². The number of fused-ring (bicyclic) bond motifs is 1. The first kappa shape index (κ1) is 24.5. The van der Waals surface area contributed by atoms with Gasteiger partial charge in [0.25, 0.3) is 17.7 Å². The van der Waals surface area contributed by atoms with E-state index in [4.69, 9.17) is 5.73 Å². The average Bonchev–Trinajstić information content (AvgIpc) is 3.16. The molecule has 0 bridgehead atoms. The number of hydrogen-bond acceptors (Lipinski definition) is 5. The lowest BCUT2D eigenvalue weighted by molar-refractivity contribution is -0.111. The van der Waals surface area contributed by atoms with Crippen LogP contribution in [0.25, 0.3) is 5.57 Å². The number of anilines is 2. The average molecular weight is 487 g/mol. The third-order valence-electron chi connectivity index (χ3n) is 5.91. The van der Waals surface area contributed by atoms with Gasteiger partial charge in [0.2, 0.25) is 0 Å². The van der Waals surface area contributed by atoms with Gasteiger partial charge in [-0.15, -0.1) is 0 Å². The SMILES string of the molecule is C/C=C(/C(C)=O)c1ccc(N2Cc3c(cc(C)nc3C(=O)Nc3ccc(F)c(C(N)=O)c3)C2=O)cc1. The first-order chi connectivity index (χ1) is 17.1. The van der Waals surface area contributed by atoms with Crippen molar-refractivity contribution in [2.24, 2.45) is 5.73 Å². The second-order valence-corrected chi connectivity index (χ2v) is 8.35. The van der Waals surface area contributed by atoms with Gasteiger partial charge in [-0.2, -0.15) is 0 Å². The van der Waals surface area contributed by atoms with Gasteiger partial charge in [0.05, 0.1) is 12.1 Å². The maximum absolute atomic E-state index is 13.8. The molecule has 182 valence electrons. The van der Waals surface area contributed by atoms with Crippen molar-refractivity contribution in [3.8, 4) is 0 Å². The number of carbonyl (C=O) groups is 4. The van der Waals surface area contributed by atoms with Gasteiger partial charge in [-0.25, -0.2) is 9.37 Å². The van der Waals surface area contributed by atoms with Gasteiger partial charge in [0, 0.05) is 33.8 Å². The van der Waals surface area contributed by atoms with Crippen LogP contribution in [0.1, 0.15) is 61.9 Å². The number of halogens is 1. The standard InChI is InChI=1S/C27H23FN4O4/c1-4-19(15(3)33)16-5-8-18(9-6-16)32-13-22-20(27(32)36)11-14(2)30-24(22)26(35)31-17-7-10-23(28)21(12-17)25(29)34/h4-12H,13H2,1-3H3,(H2,29,34)(H,31,35)/b19-4-. The molecule has 8 nitrogen and oxygen atoms in total. The molecule has 1 aromatic heterocycles. The molecule has 9 heteroatoms. The highest BCUT2D eigenvalue weighted by atomic mass is 19.1. The van der Waals surface area contributed by atoms with Crippen molar-refractivity contribution in [3.63, 3.8) is 0 Å². The van der Waals surface area contributed by atoms with Crippen molar-refractivity contribution < 1.29 is 23.6 Å². The smallest absolute Gasteiger partial charge is 0.274 e. The first-order valence-electron chi connectivity index (χ1n) is 11.1. The number of nitrogens with one attached hydrogen (secondary N) is 1. The van der Waals surface area contributed by atoms with Gasteiger partial charge >= 0.3 is 0 Å². The predicted molar refractivity (Wildman–Crippen MR) is 133 cm³/mol. The van der Waals surface area contributed by atoms with Crippen LogP contribution < -0.4 is 16.0 Å². The fraction of sp³-hybridized carbons (Fsp3) is 0.148. The Morgan fingerprint density at radius 3 is 2.42 bits per heavy atom. The van der Waals surface area contributed by atoms with Gasteiger partial charge in [0.15, 0.2) is 5.78 Å². The van der Waals surface area contributed by atoms with E-state index in [0.29, 0.717) is 28.1 Å². The second-order valence-electron chi connectivity index (χ2n) is 8.35. The number of hydrogen-bond donors (Lipinski definition) is 2. The molecule has 0 radical (unpaired) electrons. The summed E-state index contributed by atoms with van der Waals surface area (Å²) >= 11 is 0. The highest BCUT2D eigenvalue weighted by Crippen LogP contribution is 2.32. The molecule has 0 saturated heterocycles. The van der Waals surface area contributed by atoms with Gasteiger partial charge in [-0.3, -0.25) is 19.2 Å². The fourth-order valence-corrected chi connectivity index (χ4v) is 4.20. The Labute approximate surface area is 206 Å². The molecule has 2 heterocycles. The van der Waals surface area contributed by atoms with Crippen molar-refractivity contribution in [2.45, 2.75) is 27.3 Å². The third kappa shape index (κ3) is 4.50. The van der Waals surface area contributed by atoms with E-state index in [1.54, 1.807) is 50.3 Å². The zero-order valence-electron chi connectivity index (χ0n) is 19.9. The molecule has 4 rings (SSSR count). The zero-order valence-corrected chi connectivity index (χ0v) is 19.9. The number of rotatable bonds is 6. The monoisotopic (exact) mass is 486 g/mol. The summed E-state index contributed by atoms with van der Waals surface area (Å²) in [6, 6.07) is 12.1. The van der Waals surface area contributed by atoms with Crippen molar-refractivity contribution in [2.75, 3.05) is 10.2 Å². The summed E-state index contributed by atoms with van der Waals surface area (Å²) < 4.78 is 13.8. The number of pyridine rings is 1. The first-order valence-corrected chi connectivity index (χ1v) is 11.1. The lowest BCUT2D eigenvalue weighted by atomic mass is 10.0. The number of benzene rings is 2. The number of primary amides is 1. The summed E-state index contributed by atoms with van der Waals surface area (Å²) in [6.07, 6.45) is 1.74. The van der Waals surface area contributed by atoms with Crippen molar-refractivity contribution >= 4 is 40.5 Å². The van der Waals surface area contributed by atoms with Crippen LogP contribution in [0.4, 0.5) is 15.8 Å². The van der Waals surface area contributed by atoms with Crippen molar-refractivity contribution in [1.29, 1.82) is 0 Å². The molecule has 0 saturated carbocycles. The zero-order chi connectivity index (χ0) is 26.1. The molecule has 1 aliphatic rings. The van der Waals surface area contributed by atoms with Crippen LogP contribution in [0.2, 0.25) is 0 Å². The van der Waals surface area contributed by atoms with E-state index in [1.807, 2.05) is 0 Å². The van der Waals surface area contributed by atoms with Crippen LogP contribution in [0, 0.1) is 12.7 Å². The van der Waals surface area contributed by atoms with Gasteiger partial charge in [-0.05, 0) is 62.7 Å². The molecule has 1 aliphatic heterocycles. The number of nitrogens with zero attached hydrogens (tertiary/aromatic N) is 2. The highest BCUT2D eigenvalue weighted by Gasteiger charge is 2.33. The van der Waals surface area contributed by atoms with Crippen molar-refractivity contribution in [3.05, 3.63) is 94.1 Å². The molecule has 0 unspecified atom stereocenters. The number of aromatic nitrogens is 1. The Kier molecular flexibility index (Phi) is 6.48. The maximum Gasteiger partial charge on any atom is 0.274 e. The molecule has 0 aliphatic carbocycles. The van der Waals surface area contributed by atoms with Gasteiger partial charge < -0.3 is 16.0 Å². The number of allylic oxidation sites excluding steroid dienone is 2. The normalized spacial score (nSPS) is 12.9. The minimum atomic E-state index is -0.963. The number of Topliss-reactive ketones (excluding diaryl/α,β-unsaturated/α-hetero) is 1. The van der Waals surface area contributed by atoms with E-state index in [9.17, 15) is 23.6 Å². The summed E-state index contributed by atoms with van der Waals surface area (Å²) in [6.45, 7) is 5.06. The Bertz CT molecular complexity index is 1460. The summed E-state index contributed by atoms with van der Waals surface area (Å²) in [5.41, 5.74) is 8.24. The Hall–Kier alpha value is -4.66. The summed E-state index contributed by atoms with van der Waals surface area (Å²) in [4.78, 5) is 55.5. The molecule has 3 N–H and O–H groups in total. The number of aryl methyl sites for hydroxylation is 1. The van der Waals surface area contributed by atoms with Crippen LogP contribution in [-0.4, -0.2) is 28.5 Å². The minimum absolute atomic E-state index is 0.0511. The molecule has 2 aromatic carbocycles. The Morgan fingerprint density at radius 2 is 1.81 bits per heavy atom. The topological polar surface area (TPSA) is 122 Å². The highest BCUT2D eigenvalue weighted by molar-refractivity contribution is 6.19. The Morgan fingerprint density at radius 1 is 1.11 bits per heavy atom. The van der Waals surface area contributed by atoms with Gasteiger partial charge in [-0.1, -0.05) is 18.2 Å². The number of amides is 3. The van der Waals surface area contributed by atoms with Crippen LogP contribution >= 0.6 is 0 Å². The summed E-state index contributed by atoms with van der Waals surface area (Å²) in [5, 5.41) is 2.60. The largest absolute Gasteiger partial charge is 0.366 e. The molecule has 0 spiro atoms. The molecule has 0 atom stereocenters. The molecule has 3 amide bonds. The van der Waals surface area contributed by atoms with Crippen LogP contribution in [0.3, 0.4) is 0 Å². The number of ketones is 1. The lowest BCUT2D eigenvalue weighted by Gasteiger charge is -2.16. The van der Waals surface area contributed by atoms with Crippen LogP contribution in [0.5, 0.6) is 0 Å². The quantitative estimate of drug-likeness (QED) is 0.510. The van der Waals surface area contributed by atoms with Crippen molar-refractivity contribution in [1.82, 2.24) is 4.98 Å². The van der Waals surface area contributed by atoms with E-state index >= 15 is 0 Å².